The first-order valence-electron chi connectivity index (χ1n) is 4.70. The van der Waals surface area contributed by atoms with Crippen LogP contribution in [-0.2, 0) is 7.05 Å². The maximum absolute atomic E-state index is 11.9. The molecule has 1 aromatic carbocycles. The molecule has 16 heavy (non-hydrogen) atoms. The monoisotopic (exact) mass is 234 g/mol. The second-order valence-electron chi connectivity index (χ2n) is 3.56. The van der Waals surface area contributed by atoms with Crippen molar-refractivity contribution >= 4 is 33.6 Å². The highest BCUT2D eigenvalue weighted by Gasteiger charge is 2.12. The number of hydrogen-bond acceptors (Lipinski definition) is 3. The van der Waals surface area contributed by atoms with E-state index in [4.69, 9.17) is 16.0 Å². The molecule has 0 N–H and O–H groups in total. The van der Waals surface area contributed by atoms with E-state index < -0.39 is 0 Å². The van der Waals surface area contributed by atoms with Gasteiger partial charge < -0.3 is 8.98 Å². The number of fused-ring (bicyclic) bond motifs is 3. The first-order valence-corrected chi connectivity index (χ1v) is 5.08. The first kappa shape index (κ1) is 9.42. The van der Waals surface area contributed by atoms with Crippen LogP contribution in [0, 0.1) is 0 Å². The van der Waals surface area contributed by atoms with Crippen molar-refractivity contribution in [1.82, 2.24) is 9.55 Å². The lowest BCUT2D eigenvalue weighted by Gasteiger charge is -2.04. The van der Waals surface area contributed by atoms with E-state index in [0.717, 1.165) is 10.9 Å². The second-order valence-corrected chi connectivity index (χ2v) is 3.99. The zero-order chi connectivity index (χ0) is 11.3. The number of halogens is 1. The number of oxazole rings is 1. The fourth-order valence-electron chi connectivity index (χ4n) is 1.84. The van der Waals surface area contributed by atoms with Crippen molar-refractivity contribution in [3.8, 4) is 0 Å². The Kier molecular flexibility index (Phi) is 1.82. The average Bonchev–Trinajstić information content (AvgIpc) is 2.75. The Morgan fingerprint density at radius 1 is 1.44 bits per heavy atom. The molecule has 4 nitrogen and oxygen atoms in total. The topological polar surface area (TPSA) is 48.0 Å². The van der Waals surface area contributed by atoms with Crippen molar-refractivity contribution in [3.05, 3.63) is 40.0 Å². The summed E-state index contributed by atoms with van der Waals surface area (Å²) in [6.07, 6.45) is 1.27. The molecule has 2 heterocycles. The van der Waals surface area contributed by atoms with Gasteiger partial charge in [-0.3, -0.25) is 4.79 Å². The van der Waals surface area contributed by atoms with Crippen LogP contribution >= 0.6 is 11.6 Å². The molecule has 0 spiro atoms. The standard InChI is InChI=1S/C11H7ClN2O2/c1-14-8-3-2-6(12)4-7(8)10-9(11(14)15)13-5-16-10/h2-5H,1H3. The van der Waals surface area contributed by atoms with Crippen molar-refractivity contribution in [2.75, 3.05) is 0 Å². The summed E-state index contributed by atoms with van der Waals surface area (Å²) < 4.78 is 6.78. The van der Waals surface area contributed by atoms with E-state index in [1.165, 1.54) is 11.0 Å². The fourth-order valence-corrected chi connectivity index (χ4v) is 2.01. The van der Waals surface area contributed by atoms with Crippen LogP contribution in [0.4, 0.5) is 0 Å². The number of pyridine rings is 1. The van der Waals surface area contributed by atoms with Gasteiger partial charge in [-0.2, -0.15) is 0 Å². The van der Waals surface area contributed by atoms with E-state index in [0.29, 0.717) is 16.1 Å². The predicted octanol–water partition coefficient (Wildman–Crippen LogP) is 2.33. The molecule has 5 heteroatoms. The summed E-state index contributed by atoms with van der Waals surface area (Å²) in [6.45, 7) is 0. The lowest BCUT2D eigenvalue weighted by atomic mass is 10.2. The fraction of sp³-hybridized carbons (Fsp3) is 0.0909. The highest BCUT2D eigenvalue weighted by atomic mass is 35.5. The third-order valence-electron chi connectivity index (χ3n) is 2.64. The van der Waals surface area contributed by atoms with Gasteiger partial charge in [-0.05, 0) is 18.2 Å². The summed E-state index contributed by atoms with van der Waals surface area (Å²) >= 11 is 5.93. The molecular formula is C11H7ClN2O2. The third-order valence-corrected chi connectivity index (χ3v) is 2.87. The van der Waals surface area contributed by atoms with Crippen molar-refractivity contribution in [3.63, 3.8) is 0 Å². The molecule has 2 aromatic heterocycles. The van der Waals surface area contributed by atoms with Gasteiger partial charge in [-0.25, -0.2) is 4.98 Å². The Morgan fingerprint density at radius 3 is 3.06 bits per heavy atom. The summed E-state index contributed by atoms with van der Waals surface area (Å²) in [5.74, 6) is 0. The van der Waals surface area contributed by atoms with Gasteiger partial charge in [0.1, 0.15) is 0 Å². The minimum Gasteiger partial charge on any atom is -0.443 e. The predicted molar refractivity (Wildman–Crippen MR) is 61.8 cm³/mol. The smallest absolute Gasteiger partial charge is 0.280 e. The van der Waals surface area contributed by atoms with Crippen LogP contribution in [0.1, 0.15) is 0 Å². The van der Waals surface area contributed by atoms with Crippen molar-refractivity contribution in [2.45, 2.75) is 0 Å². The van der Waals surface area contributed by atoms with E-state index in [9.17, 15) is 4.79 Å². The minimum atomic E-state index is -0.168. The molecule has 0 bridgehead atoms. The highest BCUT2D eigenvalue weighted by molar-refractivity contribution is 6.31. The summed E-state index contributed by atoms with van der Waals surface area (Å²) in [6, 6.07) is 5.30. The second kappa shape index (κ2) is 3.09. The third kappa shape index (κ3) is 1.10. The van der Waals surface area contributed by atoms with Crippen LogP contribution in [0.25, 0.3) is 22.0 Å². The summed E-state index contributed by atoms with van der Waals surface area (Å²) in [4.78, 5) is 15.8. The number of aromatic nitrogens is 2. The summed E-state index contributed by atoms with van der Waals surface area (Å²) in [5.41, 5.74) is 1.43. The van der Waals surface area contributed by atoms with Crippen LogP contribution in [0.2, 0.25) is 5.02 Å². The van der Waals surface area contributed by atoms with Gasteiger partial charge in [0.25, 0.3) is 5.56 Å². The molecule has 0 aliphatic heterocycles. The van der Waals surface area contributed by atoms with Crippen LogP contribution in [0.3, 0.4) is 0 Å². The van der Waals surface area contributed by atoms with Gasteiger partial charge in [0.2, 0.25) is 0 Å². The van der Waals surface area contributed by atoms with Crippen molar-refractivity contribution in [1.29, 1.82) is 0 Å². The van der Waals surface area contributed by atoms with Gasteiger partial charge in [0.05, 0.1) is 5.52 Å². The molecule has 3 aromatic rings. The Labute approximate surface area is 95.1 Å². The molecule has 3 rings (SSSR count). The number of rotatable bonds is 0. The van der Waals surface area contributed by atoms with E-state index in [1.54, 1.807) is 25.2 Å². The molecule has 0 radical (unpaired) electrons. The van der Waals surface area contributed by atoms with E-state index >= 15 is 0 Å². The number of hydrogen-bond donors (Lipinski definition) is 0. The van der Waals surface area contributed by atoms with Crippen LogP contribution < -0.4 is 5.56 Å². The summed E-state index contributed by atoms with van der Waals surface area (Å²) in [7, 11) is 1.70. The molecule has 0 saturated heterocycles. The molecule has 0 aliphatic carbocycles. The number of nitrogens with zero attached hydrogens (tertiary/aromatic N) is 2. The van der Waals surface area contributed by atoms with Crippen LogP contribution in [0.15, 0.2) is 33.8 Å². The number of aryl methyl sites for hydroxylation is 1. The first-order chi connectivity index (χ1) is 7.68. The zero-order valence-electron chi connectivity index (χ0n) is 8.40. The largest absolute Gasteiger partial charge is 0.443 e. The molecule has 0 amide bonds. The lowest BCUT2D eigenvalue weighted by Crippen LogP contribution is -2.17. The Morgan fingerprint density at radius 2 is 2.25 bits per heavy atom. The Bertz CT molecular complexity index is 758. The normalized spacial score (nSPS) is 11.4. The van der Waals surface area contributed by atoms with E-state index in [1.807, 2.05) is 0 Å². The Balaban J connectivity index is 2.72. The Hall–Kier alpha value is -1.81. The lowest BCUT2D eigenvalue weighted by molar-refractivity contribution is 0.605. The van der Waals surface area contributed by atoms with Crippen molar-refractivity contribution in [2.24, 2.45) is 7.05 Å². The van der Waals surface area contributed by atoms with Gasteiger partial charge in [0, 0.05) is 17.5 Å². The molecule has 0 saturated carbocycles. The zero-order valence-corrected chi connectivity index (χ0v) is 9.15. The minimum absolute atomic E-state index is 0.168. The quantitative estimate of drug-likeness (QED) is 0.600. The van der Waals surface area contributed by atoms with Gasteiger partial charge in [0.15, 0.2) is 17.5 Å². The van der Waals surface area contributed by atoms with Crippen LogP contribution in [-0.4, -0.2) is 9.55 Å². The number of benzene rings is 1. The SMILES string of the molecule is Cn1c(=O)c2ncoc2c2cc(Cl)ccc21. The maximum atomic E-state index is 11.9. The van der Waals surface area contributed by atoms with E-state index in [-0.39, 0.29) is 5.56 Å². The van der Waals surface area contributed by atoms with Crippen molar-refractivity contribution < 1.29 is 4.42 Å². The molecule has 0 atom stereocenters. The van der Waals surface area contributed by atoms with Crippen LogP contribution in [0.5, 0.6) is 0 Å². The van der Waals surface area contributed by atoms with Gasteiger partial charge >= 0.3 is 0 Å². The summed E-state index contributed by atoms with van der Waals surface area (Å²) in [5, 5.41) is 1.39. The van der Waals surface area contributed by atoms with E-state index in [2.05, 4.69) is 4.98 Å². The average molecular weight is 235 g/mol. The molecule has 0 aliphatic rings. The molecule has 80 valence electrons. The molecule has 0 fully saturated rings. The molecular weight excluding hydrogens is 228 g/mol. The maximum Gasteiger partial charge on any atom is 0.280 e. The molecule has 0 unspecified atom stereocenters. The van der Waals surface area contributed by atoms with Gasteiger partial charge in [-0.15, -0.1) is 0 Å². The van der Waals surface area contributed by atoms with Gasteiger partial charge in [-0.1, -0.05) is 11.6 Å². The highest BCUT2D eigenvalue weighted by Crippen LogP contribution is 2.24.